The molecule has 1 fully saturated rings. The maximum absolute atomic E-state index is 13.8. The summed E-state index contributed by atoms with van der Waals surface area (Å²) in [4.78, 5) is 18.5. The molecule has 2 unspecified atom stereocenters. The molecule has 0 bridgehead atoms. The standard InChI is InChI=1S/C27H23FN2OS/c1-27-15-30-16-29-25(17-9-11-19(28)12-10-17)23(30)13-18(27)5-4-7-22(27)26(31)21-14-32-24-8-3-2-6-20(21)24/h2-3,6,8-14,16,22H,4-5,7,15H2,1H3. The van der Waals surface area contributed by atoms with Crippen LogP contribution in [0.5, 0.6) is 0 Å². The molecule has 2 aromatic carbocycles. The molecule has 0 amide bonds. The van der Waals surface area contributed by atoms with Crippen LogP contribution in [0.25, 0.3) is 27.4 Å². The van der Waals surface area contributed by atoms with Gasteiger partial charge in [-0.25, -0.2) is 9.37 Å². The molecule has 2 aromatic heterocycles. The molecular formula is C27H23FN2OS. The quantitative estimate of drug-likeness (QED) is 0.321. The monoisotopic (exact) mass is 442 g/mol. The van der Waals surface area contributed by atoms with Crippen LogP contribution in [0.1, 0.15) is 42.2 Å². The van der Waals surface area contributed by atoms with Crippen molar-refractivity contribution in [2.45, 2.75) is 32.7 Å². The van der Waals surface area contributed by atoms with Gasteiger partial charge in [-0.2, -0.15) is 0 Å². The second-order valence-electron chi connectivity index (χ2n) is 9.15. The number of hydrogen-bond donors (Lipinski definition) is 0. The Morgan fingerprint density at radius 2 is 2.00 bits per heavy atom. The number of carbonyl (C=O) groups is 1. The van der Waals surface area contributed by atoms with Gasteiger partial charge in [-0.05, 0) is 55.7 Å². The first-order chi connectivity index (χ1) is 15.5. The van der Waals surface area contributed by atoms with Crippen molar-refractivity contribution >= 4 is 33.3 Å². The van der Waals surface area contributed by atoms with Crippen molar-refractivity contribution in [2.75, 3.05) is 0 Å². The van der Waals surface area contributed by atoms with Gasteiger partial charge in [0, 0.05) is 44.5 Å². The summed E-state index contributed by atoms with van der Waals surface area (Å²) in [6.45, 7) is 2.98. The highest BCUT2D eigenvalue weighted by molar-refractivity contribution is 7.17. The predicted molar refractivity (Wildman–Crippen MR) is 127 cm³/mol. The van der Waals surface area contributed by atoms with E-state index in [9.17, 15) is 9.18 Å². The number of rotatable bonds is 3. The molecule has 0 saturated heterocycles. The fourth-order valence-corrected chi connectivity index (χ4v) is 6.52. The summed E-state index contributed by atoms with van der Waals surface area (Å²) in [7, 11) is 0. The normalized spacial score (nSPS) is 22.3. The number of thiophene rings is 1. The number of allylic oxidation sites excluding steroid dienone is 1. The van der Waals surface area contributed by atoms with Gasteiger partial charge in [0.2, 0.25) is 0 Å². The molecule has 160 valence electrons. The molecule has 0 spiro atoms. The van der Waals surface area contributed by atoms with E-state index in [0.29, 0.717) is 0 Å². The van der Waals surface area contributed by atoms with Crippen molar-refractivity contribution < 1.29 is 9.18 Å². The number of aromatic nitrogens is 2. The van der Waals surface area contributed by atoms with E-state index in [0.717, 1.165) is 58.4 Å². The average molecular weight is 443 g/mol. The molecule has 32 heavy (non-hydrogen) atoms. The Morgan fingerprint density at radius 1 is 1.19 bits per heavy atom. The lowest BCUT2D eigenvalue weighted by atomic mass is 9.61. The van der Waals surface area contributed by atoms with Gasteiger partial charge in [0.1, 0.15) is 5.82 Å². The van der Waals surface area contributed by atoms with Crippen molar-refractivity contribution in [3.8, 4) is 11.3 Å². The van der Waals surface area contributed by atoms with Crippen LogP contribution >= 0.6 is 11.3 Å². The third kappa shape index (κ3) is 2.91. The second kappa shape index (κ2) is 7.24. The molecule has 0 radical (unpaired) electrons. The Morgan fingerprint density at radius 3 is 2.84 bits per heavy atom. The van der Waals surface area contributed by atoms with Gasteiger partial charge >= 0.3 is 0 Å². The van der Waals surface area contributed by atoms with E-state index in [1.807, 2.05) is 23.8 Å². The molecule has 1 aliphatic carbocycles. The number of halogens is 1. The van der Waals surface area contributed by atoms with E-state index in [2.05, 4.69) is 34.7 Å². The molecule has 3 heterocycles. The summed E-state index contributed by atoms with van der Waals surface area (Å²) in [5.41, 5.74) is 4.80. The van der Waals surface area contributed by atoms with Crippen LogP contribution in [0.2, 0.25) is 0 Å². The fraction of sp³-hybridized carbons (Fsp3) is 0.259. The zero-order valence-corrected chi connectivity index (χ0v) is 18.7. The highest BCUT2D eigenvalue weighted by atomic mass is 32.1. The van der Waals surface area contributed by atoms with Crippen LogP contribution in [-0.4, -0.2) is 15.3 Å². The van der Waals surface area contributed by atoms with Crippen molar-refractivity contribution in [1.29, 1.82) is 0 Å². The van der Waals surface area contributed by atoms with Crippen LogP contribution in [0.3, 0.4) is 0 Å². The van der Waals surface area contributed by atoms with E-state index in [-0.39, 0.29) is 22.9 Å². The van der Waals surface area contributed by atoms with Crippen molar-refractivity contribution in [1.82, 2.24) is 9.55 Å². The number of fused-ring (bicyclic) bond motifs is 3. The molecule has 5 heteroatoms. The lowest BCUT2D eigenvalue weighted by Gasteiger charge is -2.45. The fourth-order valence-electron chi connectivity index (χ4n) is 5.57. The molecular weight excluding hydrogens is 419 g/mol. The van der Waals surface area contributed by atoms with Gasteiger partial charge in [-0.1, -0.05) is 30.7 Å². The number of Topliss-reactive ketones (excluding diaryl/α,β-unsaturated/α-hetero) is 1. The lowest BCUT2D eigenvalue weighted by molar-refractivity contribution is 0.0729. The Bertz CT molecular complexity index is 1380. The van der Waals surface area contributed by atoms with Gasteiger partial charge in [0.05, 0.1) is 17.7 Å². The highest BCUT2D eigenvalue weighted by Crippen LogP contribution is 2.51. The van der Waals surface area contributed by atoms with E-state index in [1.165, 1.54) is 17.7 Å². The molecule has 0 N–H and O–H groups in total. The Kier molecular flexibility index (Phi) is 4.44. The number of carbonyl (C=O) groups excluding carboxylic acids is 1. The summed E-state index contributed by atoms with van der Waals surface area (Å²) in [6.07, 6.45) is 7.02. The number of hydrogen-bond acceptors (Lipinski definition) is 3. The third-order valence-electron chi connectivity index (χ3n) is 7.31. The molecule has 2 atom stereocenters. The first kappa shape index (κ1) is 19.6. The topological polar surface area (TPSA) is 34.9 Å². The lowest BCUT2D eigenvalue weighted by Crippen LogP contribution is -2.43. The number of nitrogens with zero attached hydrogens (tertiary/aromatic N) is 2. The molecule has 3 nitrogen and oxygen atoms in total. The number of ketones is 1. The first-order valence-corrected chi connectivity index (χ1v) is 11.9. The minimum absolute atomic E-state index is 0.0506. The zero-order valence-electron chi connectivity index (χ0n) is 17.8. The van der Waals surface area contributed by atoms with Gasteiger partial charge in [0.15, 0.2) is 5.78 Å². The van der Waals surface area contributed by atoms with Gasteiger partial charge in [0.25, 0.3) is 0 Å². The van der Waals surface area contributed by atoms with Gasteiger partial charge < -0.3 is 4.57 Å². The minimum atomic E-state index is -0.248. The minimum Gasteiger partial charge on any atom is -0.330 e. The number of benzene rings is 2. The van der Waals surface area contributed by atoms with Crippen LogP contribution in [-0.2, 0) is 6.54 Å². The Labute approximate surface area is 190 Å². The van der Waals surface area contributed by atoms with E-state index < -0.39 is 0 Å². The summed E-state index contributed by atoms with van der Waals surface area (Å²) >= 11 is 1.65. The molecule has 1 aliphatic heterocycles. The zero-order chi connectivity index (χ0) is 21.9. The van der Waals surface area contributed by atoms with Crippen molar-refractivity contribution in [2.24, 2.45) is 11.3 Å². The number of imidazole rings is 1. The molecule has 1 saturated carbocycles. The van der Waals surface area contributed by atoms with Crippen LogP contribution in [0, 0.1) is 17.2 Å². The smallest absolute Gasteiger partial charge is 0.168 e. The Balaban J connectivity index is 1.40. The average Bonchev–Trinajstić information content (AvgIpc) is 3.41. The second-order valence-corrected chi connectivity index (χ2v) is 10.1. The summed E-state index contributed by atoms with van der Waals surface area (Å²) < 4.78 is 16.7. The Hall–Kier alpha value is -3.05. The summed E-state index contributed by atoms with van der Waals surface area (Å²) in [6, 6.07) is 14.7. The maximum Gasteiger partial charge on any atom is 0.168 e. The molecule has 2 aliphatic rings. The SMILES string of the molecule is CC12Cn3cnc(-c4ccc(F)cc4)c3C=C1CCCC2C(=O)c1csc2ccccc12. The molecule has 6 rings (SSSR count). The van der Waals surface area contributed by atoms with Crippen LogP contribution in [0.15, 0.2) is 65.8 Å². The maximum atomic E-state index is 13.8. The molecule has 4 aromatic rings. The largest absolute Gasteiger partial charge is 0.330 e. The summed E-state index contributed by atoms with van der Waals surface area (Å²) in [5, 5.41) is 3.10. The van der Waals surface area contributed by atoms with Crippen LogP contribution in [0.4, 0.5) is 4.39 Å². The van der Waals surface area contributed by atoms with E-state index in [1.54, 1.807) is 23.5 Å². The van der Waals surface area contributed by atoms with Gasteiger partial charge in [-0.3, -0.25) is 4.79 Å². The van der Waals surface area contributed by atoms with Gasteiger partial charge in [-0.15, -0.1) is 11.3 Å². The van der Waals surface area contributed by atoms with Crippen LogP contribution < -0.4 is 0 Å². The highest BCUT2D eigenvalue weighted by Gasteiger charge is 2.46. The first-order valence-electron chi connectivity index (χ1n) is 11.1. The van der Waals surface area contributed by atoms with Crippen molar-refractivity contribution in [3.63, 3.8) is 0 Å². The van der Waals surface area contributed by atoms with E-state index >= 15 is 0 Å². The van der Waals surface area contributed by atoms with Crippen molar-refractivity contribution in [3.05, 3.63) is 82.9 Å². The third-order valence-corrected chi connectivity index (χ3v) is 8.27. The van der Waals surface area contributed by atoms with E-state index in [4.69, 9.17) is 0 Å². The summed E-state index contributed by atoms with van der Waals surface area (Å²) in [5.74, 6) is -0.0365. The predicted octanol–water partition coefficient (Wildman–Crippen LogP) is 6.99.